The summed E-state index contributed by atoms with van der Waals surface area (Å²) in [5.41, 5.74) is 3.21. The zero-order valence-corrected chi connectivity index (χ0v) is 14.2. The van der Waals surface area contributed by atoms with E-state index < -0.39 is 0 Å². The fourth-order valence-corrected chi connectivity index (χ4v) is 4.19. The van der Waals surface area contributed by atoms with Crippen molar-refractivity contribution in [3.63, 3.8) is 0 Å². The van der Waals surface area contributed by atoms with Crippen LogP contribution in [0.4, 0.5) is 5.95 Å². The van der Waals surface area contributed by atoms with Gasteiger partial charge in [0.1, 0.15) is 0 Å². The first-order valence-corrected chi connectivity index (χ1v) is 9.20. The first-order valence-electron chi connectivity index (χ1n) is 9.20. The van der Waals surface area contributed by atoms with Crippen LogP contribution in [0.1, 0.15) is 19.3 Å². The van der Waals surface area contributed by atoms with E-state index in [0.29, 0.717) is 12.1 Å². The van der Waals surface area contributed by atoms with E-state index in [1.807, 2.05) is 6.07 Å². The number of piperidine rings is 1. The van der Waals surface area contributed by atoms with Crippen LogP contribution < -0.4 is 10.2 Å². The SMILES string of the molecule is c1ccc(-c2nc(N3CC4CCCC(C3)N4)nc3ccccc23)cc1. The van der Waals surface area contributed by atoms with Gasteiger partial charge in [-0.3, -0.25) is 0 Å². The summed E-state index contributed by atoms with van der Waals surface area (Å²) in [7, 11) is 0. The number of hydrogen-bond acceptors (Lipinski definition) is 4. The van der Waals surface area contributed by atoms with Crippen molar-refractivity contribution in [2.45, 2.75) is 31.3 Å². The molecule has 0 radical (unpaired) electrons. The van der Waals surface area contributed by atoms with Gasteiger partial charge in [0.05, 0.1) is 11.2 Å². The molecule has 0 saturated carbocycles. The van der Waals surface area contributed by atoms with Gasteiger partial charge in [0, 0.05) is 36.1 Å². The Labute approximate surface area is 147 Å². The number of benzene rings is 2. The van der Waals surface area contributed by atoms with Crippen LogP contribution in [0.25, 0.3) is 22.2 Å². The van der Waals surface area contributed by atoms with E-state index in [2.05, 4.69) is 58.7 Å². The van der Waals surface area contributed by atoms with Crippen molar-refractivity contribution in [2.24, 2.45) is 0 Å². The molecule has 4 heteroatoms. The van der Waals surface area contributed by atoms with Crippen molar-refractivity contribution < 1.29 is 0 Å². The molecule has 2 aliphatic heterocycles. The minimum Gasteiger partial charge on any atom is -0.338 e. The molecule has 3 aromatic rings. The number of para-hydroxylation sites is 1. The fourth-order valence-electron chi connectivity index (χ4n) is 4.19. The van der Waals surface area contributed by atoms with E-state index in [1.54, 1.807) is 0 Å². The average Bonchev–Trinajstić information content (AvgIpc) is 2.67. The standard InChI is InChI=1S/C21H22N4/c1-2-7-15(8-3-1)20-18-11-4-5-12-19(18)23-21(24-20)25-13-16-9-6-10-17(14-25)22-16/h1-5,7-8,11-12,16-17,22H,6,9-10,13-14H2. The topological polar surface area (TPSA) is 41.1 Å². The van der Waals surface area contributed by atoms with Gasteiger partial charge in [-0.05, 0) is 18.9 Å². The second kappa shape index (κ2) is 6.12. The van der Waals surface area contributed by atoms with Crippen molar-refractivity contribution in [1.29, 1.82) is 0 Å². The molecule has 1 N–H and O–H groups in total. The Bertz CT molecular complexity index is 881. The molecule has 2 fully saturated rings. The number of anilines is 1. The zero-order valence-electron chi connectivity index (χ0n) is 14.2. The number of nitrogens with one attached hydrogen (secondary N) is 1. The van der Waals surface area contributed by atoms with E-state index in [4.69, 9.17) is 9.97 Å². The summed E-state index contributed by atoms with van der Waals surface area (Å²) >= 11 is 0. The molecule has 2 aromatic carbocycles. The summed E-state index contributed by atoms with van der Waals surface area (Å²) in [6.45, 7) is 2.01. The minimum atomic E-state index is 0.572. The molecule has 2 aliphatic rings. The lowest BCUT2D eigenvalue weighted by atomic mass is 9.94. The summed E-state index contributed by atoms with van der Waals surface area (Å²) < 4.78 is 0. The molecule has 2 unspecified atom stereocenters. The van der Waals surface area contributed by atoms with Gasteiger partial charge >= 0.3 is 0 Å². The van der Waals surface area contributed by atoms with Gasteiger partial charge in [0.15, 0.2) is 0 Å². The molecule has 5 rings (SSSR count). The van der Waals surface area contributed by atoms with Gasteiger partial charge in [-0.25, -0.2) is 9.97 Å². The van der Waals surface area contributed by atoms with Gasteiger partial charge in [-0.1, -0.05) is 55.0 Å². The smallest absolute Gasteiger partial charge is 0.226 e. The number of fused-ring (bicyclic) bond motifs is 3. The maximum atomic E-state index is 5.01. The maximum absolute atomic E-state index is 5.01. The highest BCUT2D eigenvalue weighted by Crippen LogP contribution is 2.29. The Balaban J connectivity index is 1.62. The van der Waals surface area contributed by atoms with Gasteiger partial charge in [-0.15, -0.1) is 0 Å². The Hall–Kier alpha value is -2.46. The second-order valence-electron chi connectivity index (χ2n) is 7.15. The number of hydrogen-bond donors (Lipinski definition) is 1. The van der Waals surface area contributed by atoms with Crippen LogP contribution in [-0.2, 0) is 0 Å². The van der Waals surface area contributed by atoms with Crippen LogP contribution in [0.15, 0.2) is 54.6 Å². The van der Waals surface area contributed by atoms with Gasteiger partial charge in [0.2, 0.25) is 5.95 Å². The van der Waals surface area contributed by atoms with Crippen LogP contribution >= 0.6 is 0 Å². The van der Waals surface area contributed by atoms with Crippen LogP contribution in [-0.4, -0.2) is 35.1 Å². The highest BCUT2D eigenvalue weighted by molar-refractivity contribution is 5.93. The molecule has 1 aromatic heterocycles. The summed E-state index contributed by atoms with van der Waals surface area (Å²) in [4.78, 5) is 12.3. The maximum Gasteiger partial charge on any atom is 0.226 e. The average molecular weight is 330 g/mol. The third-order valence-electron chi connectivity index (χ3n) is 5.38. The first-order chi connectivity index (χ1) is 12.4. The quantitative estimate of drug-likeness (QED) is 0.779. The second-order valence-corrected chi connectivity index (χ2v) is 7.15. The van der Waals surface area contributed by atoms with E-state index in [0.717, 1.165) is 41.2 Å². The van der Waals surface area contributed by atoms with E-state index >= 15 is 0 Å². The summed E-state index contributed by atoms with van der Waals surface area (Å²) in [5, 5.41) is 4.86. The van der Waals surface area contributed by atoms with Crippen LogP contribution in [0.3, 0.4) is 0 Å². The van der Waals surface area contributed by atoms with Crippen molar-refractivity contribution in [2.75, 3.05) is 18.0 Å². The van der Waals surface area contributed by atoms with Gasteiger partial charge < -0.3 is 10.2 Å². The molecule has 0 aliphatic carbocycles. The molecule has 2 atom stereocenters. The van der Waals surface area contributed by atoms with Gasteiger partial charge in [-0.2, -0.15) is 0 Å². The molecule has 0 spiro atoms. The molecule has 25 heavy (non-hydrogen) atoms. The van der Waals surface area contributed by atoms with Crippen molar-refractivity contribution in [3.05, 3.63) is 54.6 Å². The van der Waals surface area contributed by atoms with E-state index in [1.165, 1.54) is 19.3 Å². The minimum absolute atomic E-state index is 0.572. The molecular weight excluding hydrogens is 308 g/mol. The summed E-state index contributed by atoms with van der Waals surface area (Å²) in [5.74, 6) is 0.871. The lowest BCUT2D eigenvalue weighted by molar-refractivity contribution is 0.282. The lowest BCUT2D eigenvalue weighted by Crippen LogP contribution is -2.59. The Morgan fingerprint density at radius 1 is 0.840 bits per heavy atom. The normalized spacial score (nSPS) is 23.0. The Kier molecular flexibility index (Phi) is 3.63. The molecule has 4 nitrogen and oxygen atoms in total. The van der Waals surface area contributed by atoms with Crippen molar-refractivity contribution >= 4 is 16.9 Å². The number of aromatic nitrogens is 2. The monoisotopic (exact) mass is 330 g/mol. The Morgan fingerprint density at radius 3 is 2.36 bits per heavy atom. The highest BCUT2D eigenvalue weighted by atomic mass is 15.3. The van der Waals surface area contributed by atoms with Crippen LogP contribution in [0, 0.1) is 0 Å². The highest BCUT2D eigenvalue weighted by Gasteiger charge is 2.31. The zero-order chi connectivity index (χ0) is 16.6. The lowest BCUT2D eigenvalue weighted by Gasteiger charge is -2.42. The summed E-state index contributed by atoms with van der Waals surface area (Å²) in [6.07, 6.45) is 3.85. The first kappa shape index (κ1) is 14.8. The third-order valence-corrected chi connectivity index (χ3v) is 5.38. The van der Waals surface area contributed by atoms with E-state index in [9.17, 15) is 0 Å². The predicted octanol–water partition coefficient (Wildman–Crippen LogP) is 3.63. The number of nitrogens with zero attached hydrogens (tertiary/aromatic N) is 3. The Morgan fingerprint density at radius 2 is 1.56 bits per heavy atom. The van der Waals surface area contributed by atoms with Gasteiger partial charge in [0.25, 0.3) is 0 Å². The number of piperazine rings is 1. The van der Waals surface area contributed by atoms with Crippen LogP contribution in [0.2, 0.25) is 0 Å². The third kappa shape index (κ3) is 2.76. The molecule has 0 amide bonds. The molecule has 2 saturated heterocycles. The largest absolute Gasteiger partial charge is 0.338 e. The van der Waals surface area contributed by atoms with Crippen molar-refractivity contribution in [3.8, 4) is 11.3 Å². The molecule has 3 heterocycles. The van der Waals surface area contributed by atoms with Crippen LogP contribution in [0.5, 0.6) is 0 Å². The van der Waals surface area contributed by atoms with Crippen molar-refractivity contribution in [1.82, 2.24) is 15.3 Å². The molecular formula is C21H22N4. The van der Waals surface area contributed by atoms with E-state index in [-0.39, 0.29) is 0 Å². The molecule has 2 bridgehead atoms. The molecule has 126 valence electrons. The summed E-state index contributed by atoms with van der Waals surface area (Å²) in [6, 6.07) is 19.9. The number of rotatable bonds is 2. The fraction of sp³-hybridized carbons (Fsp3) is 0.333. The predicted molar refractivity (Wildman–Crippen MR) is 102 cm³/mol.